The van der Waals surface area contributed by atoms with Crippen molar-refractivity contribution in [2.75, 3.05) is 19.5 Å². The van der Waals surface area contributed by atoms with Gasteiger partial charge in [-0.05, 0) is 25.5 Å². The van der Waals surface area contributed by atoms with Gasteiger partial charge in [0.1, 0.15) is 0 Å². The number of methoxy groups -OCH3 is 1. The van der Waals surface area contributed by atoms with Gasteiger partial charge in [-0.2, -0.15) is 0 Å². The highest BCUT2D eigenvalue weighted by Crippen LogP contribution is 2.42. The number of ether oxygens (including phenoxy) is 2. The lowest BCUT2D eigenvalue weighted by Crippen LogP contribution is -2.00. The second kappa shape index (κ2) is 7.31. The van der Waals surface area contributed by atoms with Crippen LogP contribution >= 0.6 is 11.3 Å². The zero-order valence-corrected chi connectivity index (χ0v) is 13.6. The Morgan fingerprint density at radius 2 is 2.10 bits per heavy atom. The predicted octanol–water partition coefficient (Wildman–Crippen LogP) is 4.28. The number of nitrogen functional groups attached to an aromatic ring is 1. The van der Waals surface area contributed by atoms with Gasteiger partial charge in [0.25, 0.3) is 0 Å². The number of hydrogen-bond donors (Lipinski definition) is 1. The molecule has 0 fully saturated rings. The number of unbranched alkanes of at least 4 members (excludes halogenated alkanes) is 2. The molecule has 0 atom stereocenters. The van der Waals surface area contributed by atoms with Crippen LogP contribution in [0.25, 0.3) is 10.4 Å². The predicted molar refractivity (Wildman–Crippen MR) is 88.3 cm³/mol. The molecule has 0 aliphatic heterocycles. The van der Waals surface area contributed by atoms with E-state index in [1.807, 2.05) is 25.1 Å². The molecule has 2 aromatic rings. The summed E-state index contributed by atoms with van der Waals surface area (Å²) >= 11 is 1.47. The third-order valence-corrected chi connectivity index (χ3v) is 4.27. The van der Waals surface area contributed by atoms with E-state index in [4.69, 9.17) is 15.2 Å². The fourth-order valence-corrected chi connectivity index (χ4v) is 3.08. The number of nitrogens with two attached hydrogens (primary N) is 1. The number of rotatable bonds is 7. The molecule has 0 spiro atoms. The standard InChI is InChI=1S/C16H22N2O2S/c1-4-5-6-10-20-13-9-7-8-12(14(13)19-3)15-11(2)18-16(17)21-15/h7-9H,4-6,10H2,1-3H3,(H2,17,18). The minimum atomic E-state index is 0.568. The van der Waals surface area contributed by atoms with Crippen LogP contribution in [0.5, 0.6) is 11.5 Å². The van der Waals surface area contributed by atoms with Gasteiger partial charge in [-0.3, -0.25) is 0 Å². The van der Waals surface area contributed by atoms with Crippen molar-refractivity contribution in [2.45, 2.75) is 33.1 Å². The zero-order chi connectivity index (χ0) is 15.2. The Kier molecular flexibility index (Phi) is 5.44. The fraction of sp³-hybridized carbons (Fsp3) is 0.438. The second-order valence-corrected chi connectivity index (χ2v) is 5.89. The fourth-order valence-electron chi connectivity index (χ4n) is 2.22. The summed E-state index contributed by atoms with van der Waals surface area (Å²) in [4.78, 5) is 5.31. The summed E-state index contributed by atoms with van der Waals surface area (Å²) in [7, 11) is 1.66. The van der Waals surface area contributed by atoms with E-state index in [1.54, 1.807) is 7.11 Å². The van der Waals surface area contributed by atoms with Crippen LogP contribution in [0.15, 0.2) is 18.2 Å². The van der Waals surface area contributed by atoms with Gasteiger partial charge >= 0.3 is 0 Å². The first-order valence-corrected chi connectivity index (χ1v) is 8.02. The van der Waals surface area contributed by atoms with E-state index < -0.39 is 0 Å². The van der Waals surface area contributed by atoms with Crippen LogP contribution in [0.2, 0.25) is 0 Å². The summed E-state index contributed by atoms with van der Waals surface area (Å²) in [5, 5.41) is 0.568. The van der Waals surface area contributed by atoms with Gasteiger partial charge < -0.3 is 15.2 Å². The third kappa shape index (κ3) is 3.67. The van der Waals surface area contributed by atoms with Crippen molar-refractivity contribution in [3.05, 3.63) is 23.9 Å². The average molecular weight is 306 g/mol. The van der Waals surface area contributed by atoms with Crippen molar-refractivity contribution in [2.24, 2.45) is 0 Å². The van der Waals surface area contributed by atoms with Gasteiger partial charge in [-0.15, -0.1) is 0 Å². The molecule has 1 heterocycles. The molecule has 21 heavy (non-hydrogen) atoms. The van der Waals surface area contributed by atoms with Gasteiger partial charge in [-0.25, -0.2) is 4.98 Å². The van der Waals surface area contributed by atoms with Crippen molar-refractivity contribution in [1.29, 1.82) is 0 Å². The molecule has 0 amide bonds. The largest absolute Gasteiger partial charge is 0.492 e. The van der Waals surface area contributed by atoms with E-state index in [1.165, 1.54) is 24.2 Å². The first-order chi connectivity index (χ1) is 10.2. The Labute approximate surface area is 129 Å². The topological polar surface area (TPSA) is 57.4 Å². The maximum Gasteiger partial charge on any atom is 0.180 e. The van der Waals surface area contributed by atoms with Crippen molar-refractivity contribution >= 4 is 16.5 Å². The first kappa shape index (κ1) is 15.6. The molecule has 1 aromatic carbocycles. The third-order valence-electron chi connectivity index (χ3n) is 3.25. The maximum atomic E-state index is 5.87. The molecule has 0 aliphatic rings. The minimum absolute atomic E-state index is 0.568. The molecule has 0 radical (unpaired) electrons. The average Bonchev–Trinajstić information content (AvgIpc) is 2.82. The van der Waals surface area contributed by atoms with E-state index >= 15 is 0 Å². The molecule has 5 heteroatoms. The monoisotopic (exact) mass is 306 g/mol. The molecule has 0 bridgehead atoms. The van der Waals surface area contributed by atoms with E-state index in [0.29, 0.717) is 11.7 Å². The summed E-state index contributed by atoms with van der Waals surface area (Å²) in [5.74, 6) is 1.53. The normalized spacial score (nSPS) is 10.6. The summed E-state index contributed by atoms with van der Waals surface area (Å²) in [5.41, 5.74) is 7.69. The summed E-state index contributed by atoms with van der Waals surface area (Å²) in [6, 6.07) is 5.92. The number of aromatic nitrogens is 1. The van der Waals surface area contributed by atoms with Crippen LogP contribution in [0.4, 0.5) is 5.13 Å². The summed E-state index contributed by atoms with van der Waals surface area (Å²) in [6.07, 6.45) is 3.41. The Balaban J connectivity index is 2.28. The van der Waals surface area contributed by atoms with Crippen LogP contribution in [-0.4, -0.2) is 18.7 Å². The summed E-state index contributed by atoms with van der Waals surface area (Å²) < 4.78 is 11.4. The zero-order valence-electron chi connectivity index (χ0n) is 12.8. The van der Waals surface area contributed by atoms with Crippen molar-refractivity contribution in [3.63, 3.8) is 0 Å². The van der Waals surface area contributed by atoms with Crippen molar-refractivity contribution < 1.29 is 9.47 Å². The first-order valence-electron chi connectivity index (χ1n) is 7.20. The van der Waals surface area contributed by atoms with Gasteiger partial charge in [0, 0.05) is 5.56 Å². The second-order valence-electron chi connectivity index (χ2n) is 4.86. The lowest BCUT2D eigenvalue weighted by Gasteiger charge is -2.14. The SMILES string of the molecule is CCCCCOc1cccc(-c2sc(N)nc2C)c1OC. The van der Waals surface area contributed by atoms with E-state index in [9.17, 15) is 0 Å². The number of nitrogens with zero attached hydrogens (tertiary/aromatic N) is 1. The van der Waals surface area contributed by atoms with E-state index in [-0.39, 0.29) is 0 Å². The summed E-state index contributed by atoms with van der Waals surface area (Å²) in [6.45, 7) is 4.84. The van der Waals surface area contributed by atoms with Gasteiger partial charge in [0.05, 0.1) is 24.3 Å². The van der Waals surface area contributed by atoms with Crippen LogP contribution < -0.4 is 15.2 Å². The molecule has 0 unspecified atom stereocenters. The van der Waals surface area contributed by atoms with Crippen LogP contribution in [-0.2, 0) is 0 Å². The molecule has 0 saturated carbocycles. The smallest absolute Gasteiger partial charge is 0.180 e. The number of aryl methyl sites for hydroxylation is 1. The van der Waals surface area contributed by atoms with Gasteiger partial charge in [0.15, 0.2) is 16.6 Å². The highest BCUT2D eigenvalue weighted by atomic mass is 32.1. The Morgan fingerprint density at radius 1 is 1.29 bits per heavy atom. The maximum absolute atomic E-state index is 5.87. The molecule has 0 aliphatic carbocycles. The molecule has 1 aromatic heterocycles. The lowest BCUT2D eigenvalue weighted by molar-refractivity contribution is 0.286. The Bertz CT molecular complexity index is 596. The van der Waals surface area contributed by atoms with Crippen LogP contribution in [0.3, 0.4) is 0 Å². The minimum Gasteiger partial charge on any atom is -0.492 e. The van der Waals surface area contributed by atoms with Crippen molar-refractivity contribution in [3.8, 4) is 21.9 Å². The molecule has 2 rings (SSSR count). The number of anilines is 1. The molecule has 114 valence electrons. The molecule has 2 N–H and O–H groups in total. The van der Waals surface area contributed by atoms with E-state index in [0.717, 1.165) is 34.1 Å². The number of benzene rings is 1. The lowest BCUT2D eigenvalue weighted by atomic mass is 10.1. The number of para-hydroxylation sites is 1. The Morgan fingerprint density at radius 3 is 2.71 bits per heavy atom. The number of thiazole rings is 1. The van der Waals surface area contributed by atoms with Gasteiger partial charge in [0.2, 0.25) is 0 Å². The Hall–Kier alpha value is -1.75. The molecule has 4 nitrogen and oxygen atoms in total. The van der Waals surface area contributed by atoms with Crippen LogP contribution in [0.1, 0.15) is 31.9 Å². The molecular formula is C16H22N2O2S. The highest BCUT2D eigenvalue weighted by molar-refractivity contribution is 7.18. The van der Waals surface area contributed by atoms with Crippen LogP contribution in [0, 0.1) is 6.92 Å². The van der Waals surface area contributed by atoms with Crippen molar-refractivity contribution in [1.82, 2.24) is 4.98 Å². The number of hydrogen-bond acceptors (Lipinski definition) is 5. The van der Waals surface area contributed by atoms with E-state index in [2.05, 4.69) is 11.9 Å². The molecular weight excluding hydrogens is 284 g/mol. The van der Waals surface area contributed by atoms with Gasteiger partial charge in [-0.1, -0.05) is 37.2 Å². The quantitative estimate of drug-likeness (QED) is 0.776. The highest BCUT2D eigenvalue weighted by Gasteiger charge is 2.16. The molecule has 0 saturated heterocycles.